The van der Waals surface area contributed by atoms with E-state index in [0.29, 0.717) is 11.5 Å². The van der Waals surface area contributed by atoms with E-state index < -0.39 is 0 Å². The fourth-order valence-corrected chi connectivity index (χ4v) is 1.89. The second kappa shape index (κ2) is 5.27. The molecule has 7 nitrogen and oxygen atoms in total. The van der Waals surface area contributed by atoms with Gasteiger partial charge in [0.2, 0.25) is 0 Å². The van der Waals surface area contributed by atoms with Gasteiger partial charge in [0.1, 0.15) is 0 Å². The zero-order chi connectivity index (χ0) is 13.0. The predicted molar refractivity (Wildman–Crippen MR) is 65.3 cm³/mol. The molecule has 1 aliphatic rings. The summed E-state index contributed by atoms with van der Waals surface area (Å²) in [7, 11) is 0. The summed E-state index contributed by atoms with van der Waals surface area (Å²) in [5, 5.41) is 8.80. The molecule has 83 valence electrons. The predicted octanol–water partition coefficient (Wildman–Crippen LogP) is -0.00513. The van der Waals surface area contributed by atoms with Crippen molar-refractivity contribution in [2.75, 3.05) is 0 Å². The van der Waals surface area contributed by atoms with Crippen molar-refractivity contribution in [3.05, 3.63) is 47.2 Å². The second-order valence-electron chi connectivity index (χ2n) is 3.14. The summed E-state index contributed by atoms with van der Waals surface area (Å²) in [5.41, 5.74) is 0.440. The van der Waals surface area contributed by atoms with E-state index in [2.05, 4.69) is 24.8 Å². The van der Waals surface area contributed by atoms with E-state index in [1.54, 1.807) is 28.3 Å². The van der Waals surface area contributed by atoms with Crippen molar-refractivity contribution in [1.82, 2.24) is 13.6 Å². The van der Waals surface area contributed by atoms with Gasteiger partial charge in [0.15, 0.2) is 0 Å². The topological polar surface area (TPSA) is 81.9 Å². The van der Waals surface area contributed by atoms with Crippen LogP contribution in [0.1, 0.15) is 5.69 Å². The van der Waals surface area contributed by atoms with Crippen molar-refractivity contribution in [3.63, 3.8) is 0 Å². The second-order valence-corrected chi connectivity index (χ2v) is 4.57. The minimum atomic E-state index is -0.138. The van der Waals surface area contributed by atoms with Crippen LogP contribution in [0.3, 0.4) is 0 Å². The van der Waals surface area contributed by atoms with Crippen LogP contribution in [0.25, 0.3) is 4.85 Å². The van der Waals surface area contributed by atoms with Crippen LogP contribution in [0.5, 0.6) is 0 Å². The van der Waals surface area contributed by atoms with Gasteiger partial charge in [-0.3, -0.25) is 0 Å². The normalized spacial score (nSPS) is 16.6. The zero-order valence-electron chi connectivity index (χ0n) is 9.15. The van der Waals surface area contributed by atoms with Gasteiger partial charge in [-0.15, -0.1) is 0 Å². The zero-order valence-corrected chi connectivity index (χ0v) is 12.1. The third-order valence-electron chi connectivity index (χ3n) is 2.03. The van der Waals surface area contributed by atoms with Crippen molar-refractivity contribution in [2.24, 2.45) is 9.98 Å². The van der Waals surface area contributed by atoms with Gasteiger partial charge in [-0.25, -0.2) is 0 Å². The Labute approximate surface area is 113 Å². The van der Waals surface area contributed by atoms with Crippen molar-refractivity contribution in [1.29, 1.82) is 5.26 Å². The number of amidine groups is 1. The van der Waals surface area contributed by atoms with Gasteiger partial charge in [-0.2, -0.15) is 0 Å². The molecule has 0 N–H and O–H groups in total. The Morgan fingerprint density at radius 1 is 1.50 bits per heavy atom. The monoisotopic (exact) mass is 292 g/mol. The average molecular weight is 293 g/mol. The molecule has 0 saturated heterocycles. The summed E-state index contributed by atoms with van der Waals surface area (Å²) in [6.45, 7) is 6.88. The summed E-state index contributed by atoms with van der Waals surface area (Å²) in [6.07, 6.45) is 6.23. The molecule has 18 heavy (non-hydrogen) atoms. The van der Waals surface area contributed by atoms with Crippen molar-refractivity contribution in [2.45, 2.75) is 0 Å². The molecule has 0 atom stereocenters. The molecule has 0 saturated carbocycles. The number of aliphatic imine (C=N–C) groups is 2. The maximum absolute atomic E-state index is 8.80. The molecule has 1 aliphatic heterocycles. The van der Waals surface area contributed by atoms with E-state index in [1.165, 1.54) is 6.34 Å². The SMILES string of the molecule is [C-]#[N+]/C(C#N)=C1/N=C[N]([GaH])C(c2cnccn2)=N1. The Balaban J connectivity index is 2.52. The summed E-state index contributed by atoms with van der Waals surface area (Å²) in [5.74, 6) is 0.655. The van der Waals surface area contributed by atoms with Gasteiger partial charge in [0, 0.05) is 0 Å². The third kappa shape index (κ3) is 2.30. The van der Waals surface area contributed by atoms with Gasteiger partial charge in [0.05, 0.1) is 0 Å². The van der Waals surface area contributed by atoms with Crippen LogP contribution >= 0.6 is 0 Å². The molecule has 0 aromatic carbocycles. The first-order valence-electron chi connectivity index (χ1n) is 4.77. The molecule has 1 radical (unpaired) electrons. The molecule has 1 aromatic heterocycles. The van der Waals surface area contributed by atoms with Gasteiger partial charge < -0.3 is 0 Å². The maximum atomic E-state index is 8.80. The molecule has 0 unspecified atom stereocenters. The molecule has 1 aromatic rings. The fraction of sp³-hybridized carbons (Fsp3) is 0. The number of aromatic nitrogens is 2. The van der Waals surface area contributed by atoms with Crippen LogP contribution in [0.4, 0.5) is 0 Å². The van der Waals surface area contributed by atoms with Crippen LogP contribution < -0.4 is 0 Å². The summed E-state index contributed by atoms with van der Waals surface area (Å²) in [6, 6.07) is 1.77. The number of rotatable bonds is 1. The molecule has 2 rings (SSSR count). The molecular weight excluding hydrogens is 288 g/mol. The standard InChI is InChI=1S/C10H4N7.Ga.H/c1-12-7(4-11)9-15-6-16-10(17-9)8-5-13-2-3-14-8;;/h2-3,5-6H;;/q-1;+1;/b9-7-;;. The van der Waals surface area contributed by atoms with E-state index in [1.807, 2.05) is 0 Å². The van der Waals surface area contributed by atoms with Crippen molar-refractivity contribution >= 4 is 31.0 Å². The number of hydrogen-bond donors (Lipinski definition) is 0. The van der Waals surface area contributed by atoms with Gasteiger partial charge in [-0.1, -0.05) is 0 Å². The number of hydrogen-bond acceptors (Lipinski definition) is 6. The quantitative estimate of drug-likeness (QED) is 0.414. The minimum absolute atomic E-state index is 0.109. The van der Waals surface area contributed by atoms with Gasteiger partial charge in [0.25, 0.3) is 0 Å². The number of nitrogens with zero attached hydrogens (tertiary/aromatic N) is 7. The number of allylic oxidation sites excluding steroid dienone is 1. The first kappa shape index (κ1) is 12.0. The molecule has 0 spiro atoms. The van der Waals surface area contributed by atoms with E-state index in [-0.39, 0.29) is 11.5 Å². The van der Waals surface area contributed by atoms with Crippen LogP contribution in [0.15, 0.2) is 40.1 Å². The first-order chi connectivity index (χ1) is 8.76. The molecule has 2 heterocycles. The van der Waals surface area contributed by atoms with E-state index in [4.69, 9.17) is 11.8 Å². The van der Waals surface area contributed by atoms with Crippen molar-refractivity contribution < 1.29 is 0 Å². The van der Waals surface area contributed by atoms with E-state index in [9.17, 15) is 0 Å². The Hall–Kier alpha value is -2.42. The Morgan fingerprint density at radius 2 is 2.33 bits per heavy atom. The summed E-state index contributed by atoms with van der Waals surface area (Å²) in [4.78, 5) is 19.3. The number of nitriles is 1. The Kier molecular flexibility index (Phi) is 3.53. The van der Waals surface area contributed by atoms with Crippen LogP contribution in [-0.4, -0.2) is 44.6 Å². The van der Waals surface area contributed by atoms with Gasteiger partial charge in [-0.05, 0) is 0 Å². The molecule has 0 amide bonds. The molecule has 0 bridgehead atoms. The Morgan fingerprint density at radius 3 is 2.94 bits per heavy atom. The molecule has 0 aliphatic carbocycles. The molecule has 8 heteroatoms. The first-order valence-corrected chi connectivity index (χ1v) is 6.10. The van der Waals surface area contributed by atoms with Crippen LogP contribution in [0, 0.1) is 17.9 Å². The fourth-order valence-electron chi connectivity index (χ4n) is 1.23. The third-order valence-corrected chi connectivity index (χ3v) is 3.00. The van der Waals surface area contributed by atoms with Crippen LogP contribution in [-0.2, 0) is 0 Å². The summed E-state index contributed by atoms with van der Waals surface area (Å²) < 4.78 is 1.77. The van der Waals surface area contributed by atoms with E-state index >= 15 is 0 Å². The van der Waals surface area contributed by atoms with Crippen molar-refractivity contribution in [3.8, 4) is 6.07 Å². The van der Waals surface area contributed by atoms with E-state index in [0.717, 1.165) is 18.8 Å². The Bertz CT molecular complexity index is 616. The molecular formula is C10H5GaN7. The average Bonchev–Trinajstić information content (AvgIpc) is 2.43. The van der Waals surface area contributed by atoms with Gasteiger partial charge >= 0.3 is 113 Å². The van der Waals surface area contributed by atoms with Crippen LogP contribution in [0.2, 0.25) is 0 Å². The molecule has 0 fully saturated rings. The summed E-state index contributed by atoms with van der Waals surface area (Å²) >= 11 is 0.770.